The Bertz CT molecular complexity index is 1060. The summed E-state index contributed by atoms with van der Waals surface area (Å²) in [7, 11) is 0. The van der Waals surface area contributed by atoms with Crippen LogP contribution in [0.15, 0.2) is 47.1 Å². The zero-order valence-electron chi connectivity index (χ0n) is 17.2. The van der Waals surface area contributed by atoms with E-state index in [0.29, 0.717) is 12.5 Å². The number of thiazole rings is 1. The van der Waals surface area contributed by atoms with Crippen molar-refractivity contribution in [1.82, 2.24) is 25.2 Å². The van der Waals surface area contributed by atoms with Crippen LogP contribution in [0.4, 0.5) is 5.13 Å². The Morgan fingerprint density at radius 2 is 1.97 bits per heavy atom. The minimum absolute atomic E-state index is 0.243. The van der Waals surface area contributed by atoms with E-state index in [1.54, 1.807) is 17.6 Å². The van der Waals surface area contributed by atoms with Gasteiger partial charge in [0.15, 0.2) is 11.2 Å². The summed E-state index contributed by atoms with van der Waals surface area (Å²) in [5, 5.41) is 13.8. The molecule has 4 heterocycles. The molecule has 4 aromatic rings. The van der Waals surface area contributed by atoms with E-state index in [1.807, 2.05) is 22.9 Å². The van der Waals surface area contributed by atoms with E-state index in [2.05, 4.69) is 52.5 Å². The number of anilines is 1. The number of quaternary nitrogens is 1. The van der Waals surface area contributed by atoms with Crippen molar-refractivity contribution in [3.05, 3.63) is 54.2 Å². The third-order valence-corrected chi connectivity index (χ3v) is 6.89. The Balaban J connectivity index is 1.32. The lowest BCUT2D eigenvalue weighted by Gasteiger charge is -2.37. The summed E-state index contributed by atoms with van der Waals surface area (Å²) in [5.41, 5.74) is 1.09. The monoisotopic (exact) mass is 424 g/mol. The molecule has 0 bridgehead atoms. The Labute approximate surface area is 179 Å². The third-order valence-electron chi connectivity index (χ3n) is 5.79. The molecule has 1 aliphatic heterocycles. The highest BCUT2D eigenvalue weighted by atomic mass is 32.1. The van der Waals surface area contributed by atoms with Gasteiger partial charge in [-0.2, -0.15) is 0 Å². The smallest absolute Gasteiger partial charge is 0.210 e. The molecule has 0 aliphatic carbocycles. The van der Waals surface area contributed by atoms with Crippen molar-refractivity contribution in [2.24, 2.45) is 5.92 Å². The largest absolute Gasteiger partial charge is 0.467 e. The van der Waals surface area contributed by atoms with Gasteiger partial charge in [0.25, 0.3) is 0 Å². The second-order valence-electron chi connectivity index (χ2n) is 8.11. The number of nitrogens with one attached hydrogen (secondary N) is 1. The molecule has 0 spiro atoms. The maximum atomic E-state index is 5.50. The second kappa shape index (κ2) is 8.16. The predicted molar refractivity (Wildman–Crippen MR) is 116 cm³/mol. The van der Waals surface area contributed by atoms with Gasteiger partial charge >= 0.3 is 0 Å². The van der Waals surface area contributed by atoms with Crippen molar-refractivity contribution in [3.8, 4) is 0 Å². The van der Waals surface area contributed by atoms with Crippen LogP contribution in [-0.4, -0.2) is 51.4 Å². The number of aromatic nitrogens is 5. The molecule has 1 atom stereocenters. The number of nitrogens with zero attached hydrogens (tertiary/aromatic N) is 6. The number of benzene rings is 1. The Morgan fingerprint density at radius 1 is 1.13 bits per heavy atom. The van der Waals surface area contributed by atoms with E-state index in [1.165, 1.54) is 9.60 Å². The molecule has 1 aliphatic rings. The van der Waals surface area contributed by atoms with Crippen LogP contribution >= 0.6 is 11.3 Å². The molecule has 30 heavy (non-hydrogen) atoms. The summed E-state index contributed by atoms with van der Waals surface area (Å²) in [4.78, 5) is 8.78. The molecule has 1 N–H and O–H groups in total. The van der Waals surface area contributed by atoms with E-state index in [9.17, 15) is 0 Å². The maximum absolute atomic E-state index is 5.50. The van der Waals surface area contributed by atoms with Crippen LogP contribution in [-0.2, 0) is 6.54 Å². The molecule has 0 radical (unpaired) electrons. The number of furan rings is 1. The van der Waals surface area contributed by atoms with Crippen LogP contribution in [0.25, 0.3) is 10.2 Å². The van der Waals surface area contributed by atoms with Crippen LogP contribution < -0.4 is 9.80 Å². The highest BCUT2D eigenvalue weighted by Gasteiger charge is 2.35. The summed E-state index contributed by atoms with van der Waals surface area (Å²) in [5.74, 6) is 2.22. The van der Waals surface area contributed by atoms with Crippen molar-refractivity contribution in [3.63, 3.8) is 0 Å². The molecule has 1 saturated heterocycles. The fourth-order valence-corrected chi connectivity index (χ4v) is 5.36. The van der Waals surface area contributed by atoms with Gasteiger partial charge in [0, 0.05) is 5.92 Å². The standard InChI is InChI=1S/C21H25N7OS/c1-15(2)19(20-23-24-25-28(20)14-16-6-5-13-29-16)26-9-11-27(12-10-26)21-22-17-7-3-4-8-18(17)30-21/h3-8,13,15,19H,9-12,14H2,1-2H3/p+1/t19-/m1/s1. The average molecular weight is 425 g/mol. The molecule has 9 heteroatoms. The molecule has 8 nitrogen and oxygen atoms in total. The zero-order valence-corrected chi connectivity index (χ0v) is 18.0. The summed E-state index contributed by atoms with van der Waals surface area (Å²) >= 11 is 1.78. The van der Waals surface area contributed by atoms with Crippen molar-refractivity contribution in [2.75, 3.05) is 31.1 Å². The van der Waals surface area contributed by atoms with Crippen molar-refractivity contribution >= 4 is 26.7 Å². The third kappa shape index (κ3) is 3.70. The van der Waals surface area contributed by atoms with Crippen LogP contribution in [0.5, 0.6) is 0 Å². The van der Waals surface area contributed by atoms with Crippen LogP contribution in [0.3, 0.4) is 0 Å². The SMILES string of the molecule is CC(C)[C@H](c1nnnn1Cc1ccco1)[NH+]1CCN(c2nc3ccccc3s2)CC1. The molecule has 0 saturated carbocycles. The average Bonchev–Trinajstić information content (AvgIpc) is 3.50. The molecule has 3 aromatic heterocycles. The number of hydrogen-bond acceptors (Lipinski definition) is 7. The second-order valence-corrected chi connectivity index (χ2v) is 9.11. The normalized spacial score (nSPS) is 16.6. The topological polar surface area (TPSA) is 77.3 Å². The van der Waals surface area contributed by atoms with E-state index < -0.39 is 0 Å². The summed E-state index contributed by atoms with van der Waals surface area (Å²) < 4.78 is 8.63. The van der Waals surface area contributed by atoms with Gasteiger partial charge in [0.1, 0.15) is 12.3 Å². The lowest BCUT2D eigenvalue weighted by atomic mass is 10.0. The lowest BCUT2D eigenvalue weighted by Crippen LogP contribution is -3.15. The van der Waals surface area contributed by atoms with Crippen LogP contribution in [0, 0.1) is 5.92 Å². The molecule has 5 rings (SSSR count). The minimum Gasteiger partial charge on any atom is -0.467 e. The number of piperazine rings is 1. The molecule has 1 aromatic carbocycles. The van der Waals surface area contributed by atoms with Gasteiger partial charge in [-0.05, 0) is 34.7 Å². The van der Waals surface area contributed by atoms with Gasteiger partial charge in [0.05, 0.1) is 42.7 Å². The first-order valence-electron chi connectivity index (χ1n) is 10.4. The number of tetrazole rings is 1. The van der Waals surface area contributed by atoms with E-state index in [-0.39, 0.29) is 6.04 Å². The number of para-hydroxylation sites is 1. The summed E-state index contributed by atoms with van der Waals surface area (Å²) in [6, 6.07) is 12.5. The fourth-order valence-electron chi connectivity index (χ4n) is 4.34. The van der Waals surface area contributed by atoms with Gasteiger partial charge in [-0.3, -0.25) is 0 Å². The Hall–Kier alpha value is -2.78. The van der Waals surface area contributed by atoms with Crippen LogP contribution in [0.2, 0.25) is 0 Å². The maximum Gasteiger partial charge on any atom is 0.210 e. The van der Waals surface area contributed by atoms with E-state index >= 15 is 0 Å². The van der Waals surface area contributed by atoms with Crippen molar-refractivity contribution in [1.29, 1.82) is 0 Å². The number of hydrogen-bond donors (Lipinski definition) is 1. The van der Waals surface area contributed by atoms with Gasteiger partial charge in [-0.25, -0.2) is 9.67 Å². The zero-order chi connectivity index (χ0) is 20.5. The summed E-state index contributed by atoms with van der Waals surface area (Å²) in [6.45, 7) is 9.10. The highest BCUT2D eigenvalue weighted by Crippen LogP contribution is 2.28. The highest BCUT2D eigenvalue weighted by molar-refractivity contribution is 7.22. The van der Waals surface area contributed by atoms with Crippen molar-refractivity contribution in [2.45, 2.75) is 26.4 Å². The first-order valence-corrected chi connectivity index (χ1v) is 11.2. The van der Waals surface area contributed by atoms with E-state index in [4.69, 9.17) is 9.40 Å². The molecular weight excluding hydrogens is 398 g/mol. The van der Waals surface area contributed by atoms with Crippen molar-refractivity contribution < 1.29 is 9.32 Å². The first kappa shape index (κ1) is 19.2. The van der Waals surface area contributed by atoms with Gasteiger partial charge in [-0.1, -0.05) is 37.3 Å². The van der Waals surface area contributed by atoms with E-state index in [0.717, 1.165) is 48.4 Å². The molecule has 156 valence electrons. The number of rotatable bonds is 6. The molecule has 1 fully saturated rings. The quantitative estimate of drug-likeness (QED) is 0.510. The fraction of sp³-hybridized carbons (Fsp3) is 0.429. The van der Waals surface area contributed by atoms with Gasteiger partial charge in [-0.15, -0.1) is 5.10 Å². The Morgan fingerprint density at radius 3 is 2.70 bits per heavy atom. The molecule has 0 unspecified atom stereocenters. The number of fused-ring (bicyclic) bond motifs is 1. The minimum atomic E-state index is 0.243. The van der Waals surface area contributed by atoms with Gasteiger partial charge < -0.3 is 14.2 Å². The molecule has 0 amide bonds. The lowest BCUT2D eigenvalue weighted by molar-refractivity contribution is -0.937. The summed E-state index contributed by atoms with van der Waals surface area (Å²) in [6.07, 6.45) is 1.69. The predicted octanol–water partition coefficient (Wildman–Crippen LogP) is 2.03. The first-order chi connectivity index (χ1) is 14.7. The van der Waals surface area contributed by atoms with Gasteiger partial charge in [0.2, 0.25) is 5.82 Å². The Kier molecular flexibility index (Phi) is 5.22. The van der Waals surface area contributed by atoms with Crippen LogP contribution in [0.1, 0.15) is 31.5 Å². The molecular formula is C21H26N7OS+.